The van der Waals surface area contributed by atoms with Crippen LogP contribution in [0.25, 0.3) is 11.3 Å². The quantitative estimate of drug-likeness (QED) is 0.839. The topological polar surface area (TPSA) is 92.4 Å². The zero-order valence-corrected chi connectivity index (χ0v) is 13.6. The van der Waals surface area contributed by atoms with Crippen LogP contribution in [0.2, 0.25) is 0 Å². The van der Waals surface area contributed by atoms with Crippen molar-refractivity contribution < 1.29 is 23.5 Å². The molecule has 132 valence electrons. The summed E-state index contributed by atoms with van der Waals surface area (Å²) < 4.78 is 19.2. The standard InChI is InChI=1S/C18H19FN2O4/c19-14-4-2-1-3-13(14)15-10-20-17(25-15)8-7-16(22)21-12-6-5-11(9-12)18(23)24/h1-4,10-12H,5-9H2,(H,21,22)(H,23,24)/t11-,12+/m0/s1. The van der Waals surface area contributed by atoms with Crippen LogP contribution in [-0.4, -0.2) is 28.0 Å². The second-order valence-corrected chi connectivity index (χ2v) is 6.21. The van der Waals surface area contributed by atoms with Gasteiger partial charge in [-0.15, -0.1) is 0 Å². The highest BCUT2D eigenvalue weighted by atomic mass is 19.1. The summed E-state index contributed by atoms with van der Waals surface area (Å²) in [6.45, 7) is 0. The molecule has 1 aliphatic rings. The summed E-state index contributed by atoms with van der Waals surface area (Å²) in [6, 6.07) is 6.16. The Bertz CT molecular complexity index is 774. The van der Waals surface area contributed by atoms with E-state index in [2.05, 4.69) is 10.3 Å². The van der Waals surface area contributed by atoms with Crippen molar-refractivity contribution in [1.29, 1.82) is 0 Å². The summed E-state index contributed by atoms with van der Waals surface area (Å²) in [5.41, 5.74) is 0.330. The molecule has 0 unspecified atom stereocenters. The average molecular weight is 346 g/mol. The first-order valence-electron chi connectivity index (χ1n) is 8.24. The molecule has 3 rings (SSSR count). The van der Waals surface area contributed by atoms with E-state index in [9.17, 15) is 14.0 Å². The Morgan fingerprint density at radius 1 is 1.32 bits per heavy atom. The van der Waals surface area contributed by atoms with E-state index >= 15 is 0 Å². The zero-order valence-electron chi connectivity index (χ0n) is 13.6. The Kier molecular flexibility index (Phi) is 5.11. The predicted molar refractivity (Wildman–Crippen MR) is 87.1 cm³/mol. The van der Waals surface area contributed by atoms with Gasteiger partial charge in [0.05, 0.1) is 17.7 Å². The SMILES string of the molecule is O=C(CCc1ncc(-c2ccccc2F)o1)N[C@@H]1CC[C@H](C(=O)O)C1. The van der Waals surface area contributed by atoms with E-state index in [4.69, 9.17) is 9.52 Å². The van der Waals surface area contributed by atoms with Gasteiger partial charge in [0.1, 0.15) is 5.82 Å². The van der Waals surface area contributed by atoms with Crippen molar-refractivity contribution in [3.8, 4) is 11.3 Å². The highest BCUT2D eigenvalue weighted by Crippen LogP contribution is 2.26. The molecule has 2 atom stereocenters. The van der Waals surface area contributed by atoms with Crippen LogP contribution in [0.3, 0.4) is 0 Å². The number of benzene rings is 1. The molecule has 1 fully saturated rings. The molecule has 1 aliphatic carbocycles. The summed E-state index contributed by atoms with van der Waals surface area (Å²) >= 11 is 0. The number of oxazole rings is 1. The minimum Gasteiger partial charge on any atom is -0.481 e. The molecule has 0 aliphatic heterocycles. The van der Waals surface area contributed by atoms with Crippen LogP contribution in [0, 0.1) is 11.7 Å². The molecule has 7 heteroatoms. The number of hydrogen-bond acceptors (Lipinski definition) is 4. The largest absolute Gasteiger partial charge is 0.481 e. The summed E-state index contributed by atoms with van der Waals surface area (Å²) in [7, 11) is 0. The van der Waals surface area contributed by atoms with Gasteiger partial charge in [-0.05, 0) is 31.4 Å². The first-order valence-corrected chi connectivity index (χ1v) is 8.24. The van der Waals surface area contributed by atoms with Crippen LogP contribution in [0.5, 0.6) is 0 Å². The predicted octanol–water partition coefficient (Wildman–Crippen LogP) is 2.78. The van der Waals surface area contributed by atoms with Crippen LogP contribution in [0.4, 0.5) is 4.39 Å². The van der Waals surface area contributed by atoms with Crippen LogP contribution < -0.4 is 5.32 Å². The van der Waals surface area contributed by atoms with Gasteiger partial charge in [-0.2, -0.15) is 0 Å². The van der Waals surface area contributed by atoms with E-state index < -0.39 is 11.8 Å². The molecule has 1 amide bonds. The Hall–Kier alpha value is -2.70. The number of carbonyl (C=O) groups is 2. The number of carbonyl (C=O) groups excluding carboxylic acids is 1. The Labute approximate surface area is 144 Å². The molecule has 0 radical (unpaired) electrons. The normalized spacial score (nSPS) is 19.7. The second-order valence-electron chi connectivity index (χ2n) is 6.21. The highest BCUT2D eigenvalue weighted by molar-refractivity contribution is 5.77. The molecule has 1 aromatic heterocycles. The zero-order chi connectivity index (χ0) is 17.8. The Morgan fingerprint density at radius 2 is 2.12 bits per heavy atom. The van der Waals surface area contributed by atoms with Crippen molar-refractivity contribution in [3.63, 3.8) is 0 Å². The minimum atomic E-state index is -0.808. The van der Waals surface area contributed by atoms with E-state index in [0.29, 0.717) is 42.9 Å². The molecule has 1 aromatic carbocycles. The number of carboxylic acid groups (broad SMARTS) is 1. The van der Waals surface area contributed by atoms with Gasteiger partial charge in [0.2, 0.25) is 5.91 Å². The number of carboxylic acids is 1. The molecular formula is C18H19FN2O4. The molecule has 1 heterocycles. The number of aromatic nitrogens is 1. The Morgan fingerprint density at radius 3 is 2.84 bits per heavy atom. The number of amides is 1. The number of halogens is 1. The fourth-order valence-corrected chi connectivity index (χ4v) is 3.07. The van der Waals surface area contributed by atoms with Crippen LogP contribution >= 0.6 is 0 Å². The second kappa shape index (κ2) is 7.46. The fourth-order valence-electron chi connectivity index (χ4n) is 3.07. The molecular weight excluding hydrogens is 327 g/mol. The van der Waals surface area contributed by atoms with Crippen molar-refractivity contribution in [2.24, 2.45) is 5.92 Å². The van der Waals surface area contributed by atoms with Crippen molar-refractivity contribution in [3.05, 3.63) is 42.2 Å². The summed E-state index contributed by atoms with van der Waals surface area (Å²) in [5, 5.41) is 11.8. The third-order valence-corrected chi connectivity index (χ3v) is 4.41. The van der Waals surface area contributed by atoms with E-state index in [-0.39, 0.29) is 24.3 Å². The summed E-state index contributed by atoms with van der Waals surface area (Å²) in [6.07, 6.45) is 3.67. The number of aliphatic carboxylic acids is 1. The van der Waals surface area contributed by atoms with Crippen molar-refractivity contribution >= 4 is 11.9 Å². The third-order valence-electron chi connectivity index (χ3n) is 4.41. The molecule has 0 spiro atoms. The van der Waals surface area contributed by atoms with Crippen LogP contribution in [0.1, 0.15) is 31.6 Å². The molecule has 0 saturated heterocycles. The average Bonchev–Trinajstić information content (AvgIpc) is 3.23. The first-order chi connectivity index (χ1) is 12.0. The number of nitrogens with one attached hydrogen (secondary N) is 1. The number of hydrogen-bond donors (Lipinski definition) is 2. The first kappa shape index (κ1) is 17.1. The van der Waals surface area contributed by atoms with Gasteiger partial charge in [-0.25, -0.2) is 9.37 Å². The molecule has 0 bridgehead atoms. The van der Waals surface area contributed by atoms with Gasteiger partial charge in [-0.1, -0.05) is 12.1 Å². The summed E-state index contributed by atoms with van der Waals surface area (Å²) in [4.78, 5) is 27.0. The number of nitrogens with zero attached hydrogens (tertiary/aromatic N) is 1. The van der Waals surface area contributed by atoms with Gasteiger partial charge < -0.3 is 14.8 Å². The van der Waals surface area contributed by atoms with Crippen molar-refractivity contribution in [1.82, 2.24) is 10.3 Å². The van der Waals surface area contributed by atoms with E-state index in [1.807, 2.05) is 0 Å². The Balaban J connectivity index is 1.50. The van der Waals surface area contributed by atoms with Crippen molar-refractivity contribution in [2.45, 2.75) is 38.1 Å². The molecule has 6 nitrogen and oxygen atoms in total. The van der Waals surface area contributed by atoms with Gasteiger partial charge in [-0.3, -0.25) is 9.59 Å². The molecule has 1 saturated carbocycles. The van der Waals surface area contributed by atoms with Crippen molar-refractivity contribution in [2.75, 3.05) is 0 Å². The van der Waals surface area contributed by atoms with E-state index in [1.54, 1.807) is 18.2 Å². The smallest absolute Gasteiger partial charge is 0.306 e. The van der Waals surface area contributed by atoms with Crippen LogP contribution in [0.15, 0.2) is 34.9 Å². The highest BCUT2D eigenvalue weighted by Gasteiger charge is 2.30. The third kappa shape index (κ3) is 4.23. The summed E-state index contributed by atoms with van der Waals surface area (Å²) in [5.74, 6) is -1.05. The minimum absolute atomic E-state index is 0.0906. The van der Waals surface area contributed by atoms with Gasteiger partial charge >= 0.3 is 5.97 Å². The van der Waals surface area contributed by atoms with E-state index in [0.717, 1.165) is 0 Å². The van der Waals surface area contributed by atoms with Gasteiger partial charge in [0.25, 0.3) is 0 Å². The monoisotopic (exact) mass is 346 g/mol. The fraction of sp³-hybridized carbons (Fsp3) is 0.389. The van der Waals surface area contributed by atoms with Gasteiger partial charge in [0, 0.05) is 18.9 Å². The lowest BCUT2D eigenvalue weighted by molar-refractivity contribution is -0.141. The molecule has 25 heavy (non-hydrogen) atoms. The maximum atomic E-state index is 13.7. The van der Waals surface area contributed by atoms with Gasteiger partial charge in [0.15, 0.2) is 11.7 Å². The lowest BCUT2D eigenvalue weighted by Gasteiger charge is -2.11. The number of aryl methyl sites for hydroxylation is 1. The molecule has 2 aromatic rings. The van der Waals surface area contributed by atoms with Crippen LogP contribution in [-0.2, 0) is 16.0 Å². The lowest BCUT2D eigenvalue weighted by Crippen LogP contribution is -2.33. The maximum absolute atomic E-state index is 13.7. The van der Waals surface area contributed by atoms with E-state index in [1.165, 1.54) is 12.3 Å². The molecule has 2 N–H and O–H groups in total. The number of rotatable bonds is 6. The maximum Gasteiger partial charge on any atom is 0.306 e. The lowest BCUT2D eigenvalue weighted by atomic mass is 10.1.